The van der Waals surface area contributed by atoms with Gasteiger partial charge >= 0.3 is 0 Å². The predicted molar refractivity (Wildman–Crippen MR) is 147 cm³/mol. The highest BCUT2D eigenvalue weighted by Crippen LogP contribution is 2.31. The lowest BCUT2D eigenvalue weighted by molar-refractivity contribution is -0.136. The Balaban J connectivity index is 1.24. The average Bonchev–Trinajstić information content (AvgIpc) is 3.38. The zero-order valence-electron chi connectivity index (χ0n) is 22.5. The van der Waals surface area contributed by atoms with Gasteiger partial charge in [0.1, 0.15) is 29.5 Å². The van der Waals surface area contributed by atoms with Gasteiger partial charge < -0.3 is 24.9 Å². The molecule has 0 saturated carbocycles. The first-order chi connectivity index (χ1) is 19.2. The third kappa shape index (κ3) is 5.73. The number of H-pyrrole nitrogens is 2. The van der Waals surface area contributed by atoms with Gasteiger partial charge in [-0.2, -0.15) is 0 Å². The highest BCUT2D eigenvalue weighted by Gasteiger charge is 2.33. The zero-order chi connectivity index (χ0) is 28.4. The maximum absolute atomic E-state index is 14.0. The Labute approximate surface area is 230 Å². The van der Waals surface area contributed by atoms with Gasteiger partial charge in [-0.15, -0.1) is 0 Å². The first-order valence-electron chi connectivity index (χ1n) is 13.3. The van der Waals surface area contributed by atoms with Crippen LogP contribution in [-0.2, 0) is 4.79 Å². The van der Waals surface area contributed by atoms with Crippen molar-refractivity contribution in [3.8, 4) is 17.1 Å². The molecule has 40 heavy (non-hydrogen) atoms. The number of aryl methyl sites for hydroxylation is 1. The molecule has 1 aliphatic rings. The summed E-state index contributed by atoms with van der Waals surface area (Å²) < 4.78 is 20.2. The zero-order valence-corrected chi connectivity index (χ0v) is 22.5. The third-order valence-corrected chi connectivity index (χ3v) is 6.98. The molecule has 208 valence electrons. The lowest BCUT2D eigenvalue weighted by Crippen LogP contribution is -2.54. The number of para-hydroxylation sites is 2. The summed E-state index contributed by atoms with van der Waals surface area (Å²) in [7, 11) is 0. The van der Waals surface area contributed by atoms with Crippen LogP contribution in [0.3, 0.4) is 0 Å². The van der Waals surface area contributed by atoms with Gasteiger partial charge in [0, 0.05) is 37.8 Å². The summed E-state index contributed by atoms with van der Waals surface area (Å²) >= 11 is 0. The number of benzene rings is 2. The number of hydrogen-bond acceptors (Lipinski definition) is 6. The fraction of sp³-hybridized carbons (Fsp3) is 0.345. The minimum Gasteiger partial charge on any atom is -0.490 e. The fourth-order valence-corrected chi connectivity index (χ4v) is 4.82. The Morgan fingerprint density at radius 2 is 1.88 bits per heavy atom. The van der Waals surface area contributed by atoms with Crippen LogP contribution < -0.4 is 15.6 Å². The van der Waals surface area contributed by atoms with Crippen LogP contribution in [0.5, 0.6) is 5.75 Å². The molecule has 2 amide bonds. The van der Waals surface area contributed by atoms with Crippen LogP contribution in [0, 0.1) is 18.7 Å². The number of carbonyl (C=O) groups excluding carboxylic acids is 2. The van der Waals surface area contributed by atoms with Gasteiger partial charge in [-0.05, 0) is 43.2 Å². The van der Waals surface area contributed by atoms with Gasteiger partial charge in [-0.3, -0.25) is 14.4 Å². The smallest absolute Gasteiger partial charge is 0.280 e. The van der Waals surface area contributed by atoms with Gasteiger partial charge in [0.15, 0.2) is 5.69 Å². The Bertz CT molecular complexity index is 1610. The van der Waals surface area contributed by atoms with Crippen LogP contribution in [0.1, 0.15) is 42.9 Å². The molecule has 3 heterocycles. The molecule has 0 radical (unpaired) electrons. The molecule has 0 bridgehead atoms. The molecule has 4 aromatic rings. The normalized spacial score (nSPS) is 14.9. The molecule has 5 rings (SSSR count). The van der Waals surface area contributed by atoms with Gasteiger partial charge in [0.2, 0.25) is 5.91 Å². The van der Waals surface area contributed by atoms with Crippen molar-refractivity contribution in [1.82, 2.24) is 30.2 Å². The number of imidazole rings is 1. The van der Waals surface area contributed by atoms with Crippen LogP contribution in [0.15, 0.2) is 53.5 Å². The number of rotatable bonds is 7. The van der Waals surface area contributed by atoms with Gasteiger partial charge in [-0.25, -0.2) is 14.4 Å². The molecule has 1 saturated heterocycles. The number of hydrogen-bond donors (Lipinski definition) is 3. The van der Waals surface area contributed by atoms with Gasteiger partial charge in [-0.1, -0.05) is 26.0 Å². The van der Waals surface area contributed by atoms with E-state index >= 15 is 0 Å². The number of amides is 2. The highest BCUT2D eigenvalue weighted by molar-refractivity contribution is 5.97. The van der Waals surface area contributed by atoms with Crippen molar-refractivity contribution in [2.24, 2.45) is 5.92 Å². The number of aromatic amines is 2. The van der Waals surface area contributed by atoms with E-state index in [4.69, 9.17) is 4.74 Å². The molecule has 1 atom stereocenters. The summed E-state index contributed by atoms with van der Waals surface area (Å²) in [5, 5.41) is 2.73. The minimum atomic E-state index is -0.830. The highest BCUT2D eigenvalue weighted by atomic mass is 19.1. The van der Waals surface area contributed by atoms with Crippen molar-refractivity contribution >= 4 is 22.8 Å². The number of nitrogens with zero attached hydrogens (tertiary/aromatic N) is 3. The number of nitrogens with one attached hydrogen (secondary N) is 3. The summed E-state index contributed by atoms with van der Waals surface area (Å²) in [6, 6.07) is 10.4. The Morgan fingerprint density at radius 3 is 2.58 bits per heavy atom. The molecule has 2 aromatic carbocycles. The molecular weight excluding hydrogens is 515 g/mol. The first kappa shape index (κ1) is 27.0. The summed E-state index contributed by atoms with van der Waals surface area (Å²) in [6.07, 6.45) is 2.61. The van der Waals surface area contributed by atoms with Crippen molar-refractivity contribution in [3.63, 3.8) is 0 Å². The van der Waals surface area contributed by atoms with Gasteiger partial charge in [0.25, 0.3) is 11.5 Å². The van der Waals surface area contributed by atoms with Crippen LogP contribution >= 0.6 is 0 Å². The SMILES string of the molecule is Cc1cnc(-c2cc(F)ccc2OC2CCN(C(=O)[C@@H](NC(=O)c3nc4ccccc4[nH]c3=O)C(C)C)CC2)[nH]1. The number of fused-ring (bicyclic) bond motifs is 1. The predicted octanol–water partition coefficient (Wildman–Crippen LogP) is 3.59. The third-order valence-electron chi connectivity index (χ3n) is 6.98. The minimum absolute atomic E-state index is 0.184. The topological polar surface area (TPSA) is 133 Å². The molecule has 3 N–H and O–H groups in total. The lowest BCUT2D eigenvalue weighted by atomic mass is 10.00. The molecule has 0 unspecified atom stereocenters. The van der Waals surface area contributed by atoms with Crippen LogP contribution in [0.2, 0.25) is 0 Å². The Hall–Kier alpha value is -4.54. The largest absolute Gasteiger partial charge is 0.490 e. The van der Waals surface area contributed by atoms with E-state index in [9.17, 15) is 18.8 Å². The molecule has 0 spiro atoms. The van der Waals surface area contributed by atoms with Crippen LogP contribution in [0.4, 0.5) is 4.39 Å². The number of halogens is 1. The first-order valence-corrected chi connectivity index (χ1v) is 13.3. The molecule has 1 aliphatic heterocycles. The molecule has 0 aliphatic carbocycles. The molecule has 1 fully saturated rings. The fourth-order valence-electron chi connectivity index (χ4n) is 4.82. The van der Waals surface area contributed by atoms with E-state index in [1.54, 1.807) is 41.4 Å². The maximum Gasteiger partial charge on any atom is 0.280 e. The van der Waals surface area contributed by atoms with E-state index in [0.717, 1.165) is 5.69 Å². The lowest BCUT2D eigenvalue weighted by Gasteiger charge is -2.35. The summed E-state index contributed by atoms with van der Waals surface area (Å²) in [6.45, 7) is 6.39. The second-order valence-electron chi connectivity index (χ2n) is 10.3. The standard InChI is InChI=1S/C29H31FN6O4/c1-16(2)24(35-28(38)25-27(37)34-22-7-5-4-6-21(22)33-25)29(39)36-12-10-19(11-13-36)40-23-9-8-18(30)14-20(23)26-31-15-17(3)32-26/h4-9,14-16,19,24H,10-13H2,1-3H3,(H,31,32)(H,34,37)(H,35,38)/t24-/m0/s1. The Morgan fingerprint density at radius 1 is 1.12 bits per heavy atom. The number of likely N-dealkylation sites (tertiary alicyclic amines) is 1. The summed E-state index contributed by atoms with van der Waals surface area (Å²) in [5.74, 6) is -0.499. The number of ether oxygens (including phenoxy) is 1. The summed E-state index contributed by atoms with van der Waals surface area (Å²) in [5.41, 5.74) is 1.49. The van der Waals surface area contributed by atoms with Crippen molar-refractivity contribution in [2.75, 3.05) is 13.1 Å². The monoisotopic (exact) mass is 546 g/mol. The quantitative estimate of drug-likeness (QED) is 0.325. The van der Waals surface area contributed by atoms with Crippen molar-refractivity contribution in [3.05, 3.63) is 76.2 Å². The van der Waals surface area contributed by atoms with Crippen LogP contribution in [0.25, 0.3) is 22.4 Å². The molecule has 10 nitrogen and oxygen atoms in total. The van der Waals surface area contributed by atoms with E-state index in [0.29, 0.717) is 54.1 Å². The second kappa shape index (κ2) is 11.3. The molecule has 2 aromatic heterocycles. The second-order valence-corrected chi connectivity index (χ2v) is 10.3. The van der Waals surface area contributed by atoms with E-state index in [1.165, 1.54) is 12.1 Å². The number of carbonyl (C=O) groups is 2. The van der Waals surface area contributed by atoms with E-state index in [2.05, 4.69) is 25.3 Å². The van der Waals surface area contributed by atoms with Gasteiger partial charge in [0.05, 0.1) is 16.6 Å². The molecular formula is C29H31FN6O4. The van der Waals surface area contributed by atoms with Crippen molar-refractivity contribution in [2.45, 2.75) is 45.8 Å². The summed E-state index contributed by atoms with van der Waals surface area (Å²) in [4.78, 5) is 55.0. The van der Waals surface area contributed by atoms with Crippen LogP contribution in [-0.4, -0.2) is 61.9 Å². The number of piperidine rings is 1. The number of aromatic nitrogens is 4. The average molecular weight is 547 g/mol. The van der Waals surface area contributed by atoms with Crippen molar-refractivity contribution in [1.29, 1.82) is 0 Å². The van der Waals surface area contributed by atoms with E-state index in [1.807, 2.05) is 20.8 Å². The Kier molecular flexibility index (Phi) is 7.63. The van der Waals surface area contributed by atoms with E-state index < -0.39 is 17.5 Å². The van der Waals surface area contributed by atoms with Crippen molar-refractivity contribution < 1.29 is 18.7 Å². The maximum atomic E-state index is 14.0. The molecule has 11 heteroatoms. The van der Waals surface area contributed by atoms with E-state index in [-0.39, 0.29) is 29.4 Å².